The molecule has 132 valence electrons. The number of aryl methyl sites for hydroxylation is 1. The van der Waals surface area contributed by atoms with Crippen molar-refractivity contribution < 1.29 is 18.8 Å². The van der Waals surface area contributed by atoms with Crippen molar-refractivity contribution in [3.63, 3.8) is 0 Å². The van der Waals surface area contributed by atoms with Gasteiger partial charge in [0.25, 0.3) is 5.91 Å². The fraction of sp³-hybridized carbons (Fsp3) is 0.211. The van der Waals surface area contributed by atoms with Crippen LogP contribution in [0.1, 0.15) is 11.5 Å². The molecule has 7 nitrogen and oxygen atoms in total. The lowest BCUT2D eigenvalue weighted by molar-refractivity contribution is -0.121. The topological polar surface area (TPSA) is 77.7 Å². The zero-order chi connectivity index (χ0) is 18.1. The van der Waals surface area contributed by atoms with Gasteiger partial charge in [-0.2, -0.15) is 4.98 Å². The normalized spacial score (nSPS) is 13.3. The molecule has 4 rings (SSSR count). The number of nitrogens with zero attached hydrogens (tertiary/aromatic N) is 3. The molecule has 1 amide bonds. The van der Waals surface area contributed by atoms with Crippen LogP contribution in [0.5, 0.6) is 11.5 Å². The zero-order valence-electron chi connectivity index (χ0n) is 14.4. The maximum absolute atomic E-state index is 12.3. The van der Waals surface area contributed by atoms with Crippen molar-refractivity contribution in [2.45, 2.75) is 13.5 Å². The highest BCUT2D eigenvalue weighted by Gasteiger charge is 2.27. The molecule has 2 heterocycles. The van der Waals surface area contributed by atoms with E-state index in [1.165, 1.54) is 0 Å². The first-order valence-electron chi connectivity index (χ1n) is 8.15. The monoisotopic (exact) mass is 351 g/mol. The summed E-state index contributed by atoms with van der Waals surface area (Å²) in [6, 6.07) is 13.1. The number of hydrogen-bond acceptors (Lipinski definition) is 6. The van der Waals surface area contributed by atoms with Gasteiger partial charge in [-0.05, 0) is 48.9 Å². The molecule has 1 aliphatic rings. The third kappa shape index (κ3) is 2.99. The number of benzene rings is 2. The SMILES string of the molecule is COc1ccc(-c2noc(CN3C(=O)COc4cc(C)ccc43)n2)cc1. The van der Waals surface area contributed by atoms with Gasteiger partial charge in [-0.25, -0.2) is 0 Å². The minimum Gasteiger partial charge on any atom is -0.497 e. The molecular formula is C19H17N3O4. The molecular weight excluding hydrogens is 334 g/mol. The van der Waals surface area contributed by atoms with E-state index in [0.717, 1.165) is 16.9 Å². The van der Waals surface area contributed by atoms with Gasteiger partial charge in [-0.1, -0.05) is 11.2 Å². The quantitative estimate of drug-likeness (QED) is 0.719. The summed E-state index contributed by atoms with van der Waals surface area (Å²) in [5.74, 6) is 2.11. The van der Waals surface area contributed by atoms with E-state index in [0.29, 0.717) is 23.2 Å². The summed E-state index contributed by atoms with van der Waals surface area (Å²) in [4.78, 5) is 18.3. The second-order valence-corrected chi connectivity index (χ2v) is 5.98. The molecule has 7 heteroatoms. The number of anilines is 1. The number of carbonyl (C=O) groups is 1. The van der Waals surface area contributed by atoms with E-state index in [-0.39, 0.29) is 19.1 Å². The highest BCUT2D eigenvalue weighted by atomic mass is 16.5. The number of fused-ring (bicyclic) bond motifs is 1. The number of methoxy groups -OCH3 is 1. The molecule has 0 radical (unpaired) electrons. The minimum atomic E-state index is -0.148. The highest BCUT2D eigenvalue weighted by molar-refractivity contribution is 5.97. The molecule has 0 unspecified atom stereocenters. The van der Waals surface area contributed by atoms with Gasteiger partial charge in [0.15, 0.2) is 6.61 Å². The molecule has 0 spiro atoms. The number of hydrogen-bond donors (Lipinski definition) is 0. The van der Waals surface area contributed by atoms with Crippen molar-refractivity contribution in [2.24, 2.45) is 0 Å². The maximum Gasteiger partial charge on any atom is 0.265 e. The molecule has 0 N–H and O–H groups in total. The van der Waals surface area contributed by atoms with Crippen LogP contribution in [0.2, 0.25) is 0 Å². The molecule has 26 heavy (non-hydrogen) atoms. The molecule has 1 aromatic heterocycles. The first kappa shape index (κ1) is 16.1. The molecule has 0 saturated heterocycles. The number of aromatic nitrogens is 2. The van der Waals surface area contributed by atoms with Crippen LogP contribution in [-0.4, -0.2) is 29.8 Å². The Hall–Kier alpha value is -3.35. The lowest BCUT2D eigenvalue weighted by Gasteiger charge is -2.28. The van der Waals surface area contributed by atoms with E-state index in [1.807, 2.05) is 49.4 Å². The summed E-state index contributed by atoms with van der Waals surface area (Å²) >= 11 is 0. The van der Waals surface area contributed by atoms with E-state index in [2.05, 4.69) is 10.1 Å². The summed E-state index contributed by atoms with van der Waals surface area (Å²) in [5, 5.41) is 4.01. The van der Waals surface area contributed by atoms with Crippen molar-refractivity contribution in [1.82, 2.24) is 10.1 Å². The second-order valence-electron chi connectivity index (χ2n) is 5.98. The molecule has 3 aromatic rings. The summed E-state index contributed by atoms with van der Waals surface area (Å²) in [6.45, 7) is 2.17. The van der Waals surface area contributed by atoms with Crippen molar-refractivity contribution >= 4 is 11.6 Å². The van der Waals surface area contributed by atoms with Crippen molar-refractivity contribution in [3.8, 4) is 22.9 Å². The Kier molecular flexibility index (Phi) is 4.04. The second kappa shape index (κ2) is 6.51. The average molecular weight is 351 g/mol. The minimum absolute atomic E-state index is 0.00404. The third-order valence-electron chi connectivity index (χ3n) is 4.17. The van der Waals surface area contributed by atoms with Crippen LogP contribution in [0.3, 0.4) is 0 Å². The Labute approximate surface area is 150 Å². The molecule has 0 bridgehead atoms. The van der Waals surface area contributed by atoms with Crippen LogP contribution < -0.4 is 14.4 Å². The first-order chi connectivity index (χ1) is 12.6. The van der Waals surface area contributed by atoms with Crippen molar-refractivity contribution in [3.05, 3.63) is 53.9 Å². The van der Waals surface area contributed by atoms with Crippen LogP contribution in [0.25, 0.3) is 11.4 Å². The van der Waals surface area contributed by atoms with Crippen LogP contribution >= 0.6 is 0 Å². The fourth-order valence-electron chi connectivity index (χ4n) is 2.80. The van der Waals surface area contributed by atoms with Gasteiger partial charge in [-0.3, -0.25) is 9.69 Å². The Bertz CT molecular complexity index is 950. The van der Waals surface area contributed by atoms with E-state index < -0.39 is 0 Å². The van der Waals surface area contributed by atoms with Gasteiger partial charge in [0.05, 0.1) is 12.8 Å². The Balaban J connectivity index is 1.58. The van der Waals surface area contributed by atoms with Crippen molar-refractivity contribution in [1.29, 1.82) is 0 Å². The molecule has 0 atom stereocenters. The van der Waals surface area contributed by atoms with Crippen molar-refractivity contribution in [2.75, 3.05) is 18.6 Å². The van der Waals surface area contributed by atoms with E-state index in [1.54, 1.807) is 12.0 Å². The first-order valence-corrected chi connectivity index (χ1v) is 8.15. The van der Waals surface area contributed by atoms with Crippen LogP contribution in [0, 0.1) is 6.92 Å². The van der Waals surface area contributed by atoms with Gasteiger partial charge in [0.2, 0.25) is 11.7 Å². The van der Waals surface area contributed by atoms with Gasteiger partial charge in [-0.15, -0.1) is 0 Å². The molecule has 0 aliphatic carbocycles. The predicted molar refractivity (Wildman–Crippen MR) is 94.2 cm³/mol. The smallest absolute Gasteiger partial charge is 0.265 e. The lowest BCUT2D eigenvalue weighted by Crippen LogP contribution is -2.38. The van der Waals surface area contributed by atoms with Gasteiger partial charge >= 0.3 is 0 Å². The van der Waals surface area contributed by atoms with E-state index in [4.69, 9.17) is 14.0 Å². The molecule has 1 aliphatic heterocycles. The summed E-state index contributed by atoms with van der Waals surface area (Å²) < 4.78 is 16.0. The lowest BCUT2D eigenvalue weighted by atomic mass is 10.1. The maximum atomic E-state index is 12.3. The Morgan fingerprint density at radius 3 is 2.77 bits per heavy atom. The van der Waals surface area contributed by atoms with Gasteiger partial charge < -0.3 is 14.0 Å². The molecule has 2 aromatic carbocycles. The number of carbonyl (C=O) groups excluding carboxylic acids is 1. The Morgan fingerprint density at radius 2 is 2.00 bits per heavy atom. The number of ether oxygens (including phenoxy) is 2. The number of amides is 1. The number of rotatable bonds is 4. The van der Waals surface area contributed by atoms with Crippen LogP contribution in [0.4, 0.5) is 5.69 Å². The van der Waals surface area contributed by atoms with Gasteiger partial charge in [0, 0.05) is 5.56 Å². The van der Waals surface area contributed by atoms with Gasteiger partial charge in [0.1, 0.15) is 18.0 Å². The predicted octanol–water partition coefficient (Wildman–Crippen LogP) is 2.98. The summed E-state index contributed by atoms with van der Waals surface area (Å²) in [7, 11) is 1.61. The summed E-state index contributed by atoms with van der Waals surface area (Å²) in [5.41, 5.74) is 2.58. The largest absolute Gasteiger partial charge is 0.497 e. The highest BCUT2D eigenvalue weighted by Crippen LogP contribution is 2.33. The molecule has 0 fully saturated rings. The standard InChI is InChI=1S/C19H17N3O4/c1-12-3-8-15-16(9-12)25-11-18(23)22(15)10-17-20-19(21-26-17)13-4-6-14(24-2)7-5-13/h3-9H,10-11H2,1-2H3. The molecule has 0 saturated carbocycles. The summed E-state index contributed by atoms with van der Waals surface area (Å²) in [6.07, 6.45) is 0. The fourth-order valence-corrected chi connectivity index (χ4v) is 2.80. The van der Waals surface area contributed by atoms with E-state index >= 15 is 0 Å². The van der Waals surface area contributed by atoms with E-state index in [9.17, 15) is 4.79 Å². The average Bonchev–Trinajstić information content (AvgIpc) is 3.13. The zero-order valence-corrected chi connectivity index (χ0v) is 14.4. The van der Waals surface area contributed by atoms with Crippen LogP contribution in [0.15, 0.2) is 47.0 Å². The third-order valence-corrected chi connectivity index (χ3v) is 4.17. The Morgan fingerprint density at radius 1 is 1.19 bits per heavy atom. The van der Waals surface area contributed by atoms with Crippen LogP contribution in [-0.2, 0) is 11.3 Å².